The Morgan fingerprint density at radius 1 is 1.43 bits per heavy atom. The van der Waals surface area contributed by atoms with Gasteiger partial charge in [-0.15, -0.1) is 0 Å². The molecule has 0 aromatic heterocycles. The standard InChI is InChI=1S/C14H18ClN3O3/c1-17(2)10-5-6-18(8-10)14(21)16-12-7-9(15)3-4-11(12)13(19)20/h3-4,7,10H,5-6,8H2,1-2H3,(H,16,21)(H,19,20). The second-order valence-electron chi connectivity index (χ2n) is 5.28. The number of carbonyl (C=O) groups is 2. The molecule has 1 atom stereocenters. The number of likely N-dealkylation sites (tertiary alicyclic amines) is 1. The Morgan fingerprint density at radius 2 is 2.14 bits per heavy atom. The molecule has 1 fully saturated rings. The van der Waals surface area contributed by atoms with Gasteiger partial charge in [0, 0.05) is 24.2 Å². The molecule has 0 spiro atoms. The maximum absolute atomic E-state index is 12.2. The van der Waals surface area contributed by atoms with Crippen molar-refractivity contribution in [3.8, 4) is 0 Å². The number of halogens is 1. The molecule has 1 aromatic carbocycles. The fourth-order valence-corrected chi connectivity index (χ4v) is 2.52. The number of rotatable bonds is 3. The first-order chi connectivity index (χ1) is 9.88. The molecule has 0 bridgehead atoms. The number of benzene rings is 1. The average molecular weight is 312 g/mol. The number of hydrogen-bond acceptors (Lipinski definition) is 3. The highest BCUT2D eigenvalue weighted by Crippen LogP contribution is 2.22. The minimum atomic E-state index is -1.10. The molecule has 0 radical (unpaired) electrons. The van der Waals surface area contributed by atoms with Gasteiger partial charge in [0.15, 0.2) is 0 Å². The van der Waals surface area contributed by atoms with Crippen molar-refractivity contribution in [2.45, 2.75) is 12.5 Å². The number of anilines is 1. The van der Waals surface area contributed by atoms with Crippen LogP contribution >= 0.6 is 11.6 Å². The summed E-state index contributed by atoms with van der Waals surface area (Å²) in [6.07, 6.45) is 0.905. The minimum absolute atomic E-state index is 0.0242. The van der Waals surface area contributed by atoms with Gasteiger partial charge in [-0.3, -0.25) is 0 Å². The van der Waals surface area contributed by atoms with E-state index in [0.29, 0.717) is 24.2 Å². The quantitative estimate of drug-likeness (QED) is 0.897. The van der Waals surface area contributed by atoms with Crippen LogP contribution in [0.15, 0.2) is 18.2 Å². The third kappa shape index (κ3) is 3.65. The maximum Gasteiger partial charge on any atom is 0.337 e. The minimum Gasteiger partial charge on any atom is -0.478 e. The van der Waals surface area contributed by atoms with Gasteiger partial charge in [0.2, 0.25) is 0 Å². The first kappa shape index (κ1) is 15.6. The number of hydrogen-bond donors (Lipinski definition) is 2. The zero-order chi connectivity index (χ0) is 15.6. The lowest BCUT2D eigenvalue weighted by molar-refractivity contribution is 0.0698. The number of carboxylic acids is 1. The number of aromatic carboxylic acids is 1. The summed E-state index contributed by atoms with van der Waals surface area (Å²) in [5, 5.41) is 12.1. The van der Waals surface area contributed by atoms with Gasteiger partial charge in [-0.05, 0) is 38.7 Å². The van der Waals surface area contributed by atoms with Crippen molar-refractivity contribution in [1.29, 1.82) is 0 Å². The van der Waals surface area contributed by atoms with E-state index in [2.05, 4.69) is 10.2 Å². The van der Waals surface area contributed by atoms with Crippen molar-refractivity contribution in [3.63, 3.8) is 0 Å². The van der Waals surface area contributed by atoms with E-state index in [4.69, 9.17) is 16.7 Å². The molecule has 2 N–H and O–H groups in total. The van der Waals surface area contributed by atoms with Crippen LogP contribution in [0.2, 0.25) is 5.02 Å². The second kappa shape index (κ2) is 6.32. The first-order valence-corrected chi connectivity index (χ1v) is 7.01. The summed E-state index contributed by atoms with van der Waals surface area (Å²) in [4.78, 5) is 27.1. The molecule has 1 heterocycles. The Morgan fingerprint density at radius 3 is 2.71 bits per heavy atom. The molecular formula is C14H18ClN3O3. The molecule has 1 aliphatic rings. The van der Waals surface area contributed by atoms with E-state index >= 15 is 0 Å². The van der Waals surface area contributed by atoms with Crippen molar-refractivity contribution in [2.75, 3.05) is 32.5 Å². The number of likely N-dealkylation sites (N-methyl/N-ethyl adjacent to an activating group) is 1. The van der Waals surface area contributed by atoms with Gasteiger partial charge < -0.3 is 20.2 Å². The largest absolute Gasteiger partial charge is 0.478 e. The topological polar surface area (TPSA) is 72.9 Å². The SMILES string of the molecule is CN(C)C1CCN(C(=O)Nc2cc(Cl)ccc2C(=O)O)C1. The second-order valence-corrected chi connectivity index (χ2v) is 5.71. The molecule has 2 rings (SSSR count). The van der Waals surface area contributed by atoms with E-state index in [0.717, 1.165) is 6.42 Å². The van der Waals surface area contributed by atoms with E-state index in [-0.39, 0.29) is 17.3 Å². The Kier molecular flexibility index (Phi) is 4.69. The summed E-state index contributed by atoms with van der Waals surface area (Å²) in [5.74, 6) is -1.10. The van der Waals surface area contributed by atoms with Gasteiger partial charge in [0.25, 0.3) is 0 Å². The van der Waals surface area contributed by atoms with Crippen molar-refractivity contribution in [1.82, 2.24) is 9.80 Å². The third-order valence-corrected chi connectivity index (χ3v) is 3.87. The molecule has 1 saturated heterocycles. The third-order valence-electron chi connectivity index (χ3n) is 3.63. The Hall–Kier alpha value is -1.79. The molecule has 1 aromatic rings. The van der Waals surface area contributed by atoms with Gasteiger partial charge in [0.05, 0.1) is 11.3 Å². The molecule has 0 saturated carbocycles. The normalized spacial score (nSPS) is 18.1. The highest BCUT2D eigenvalue weighted by molar-refractivity contribution is 6.31. The van der Waals surface area contributed by atoms with Crippen molar-refractivity contribution in [2.24, 2.45) is 0 Å². The van der Waals surface area contributed by atoms with Crippen LogP contribution in [0, 0.1) is 0 Å². The summed E-state index contributed by atoms with van der Waals surface area (Å²) in [5.41, 5.74) is 0.240. The fourth-order valence-electron chi connectivity index (χ4n) is 2.35. The zero-order valence-corrected chi connectivity index (χ0v) is 12.7. The van der Waals surface area contributed by atoms with E-state index in [9.17, 15) is 9.59 Å². The van der Waals surface area contributed by atoms with Crippen LogP contribution in [0.25, 0.3) is 0 Å². The first-order valence-electron chi connectivity index (χ1n) is 6.63. The molecule has 0 aliphatic carbocycles. The molecule has 7 heteroatoms. The van der Waals surface area contributed by atoms with Crippen LogP contribution in [0.4, 0.5) is 10.5 Å². The van der Waals surface area contributed by atoms with Crippen LogP contribution in [0.1, 0.15) is 16.8 Å². The number of nitrogens with zero attached hydrogens (tertiary/aromatic N) is 2. The number of carboxylic acid groups (broad SMARTS) is 1. The maximum atomic E-state index is 12.2. The lowest BCUT2D eigenvalue weighted by Gasteiger charge is -2.21. The number of carbonyl (C=O) groups excluding carboxylic acids is 1. The summed E-state index contributed by atoms with van der Waals surface area (Å²) in [6, 6.07) is 4.34. The smallest absolute Gasteiger partial charge is 0.337 e. The van der Waals surface area contributed by atoms with E-state index < -0.39 is 5.97 Å². The number of nitrogens with one attached hydrogen (secondary N) is 1. The van der Waals surface area contributed by atoms with Crippen LogP contribution in [0.5, 0.6) is 0 Å². The molecule has 21 heavy (non-hydrogen) atoms. The average Bonchev–Trinajstić information content (AvgIpc) is 2.88. The van der Waals surface area contributed by atoms with Crippen molar-refractivity contribution < 1.29 is 14.7 Å². The van der Waals surface area contributed by atoms with Gasteiger partial charge >= 0.3 is 12.0 Å². The fraction of sp³-hybridized carbons (Fsp3) is 0.429. The van der Waals surface area contributed by atoms with Crippen molar-refractivity contribution >= 4 is 29.3 Å². The van der Waals surface area contributed by atoms with E-state index in [1.807, 2.05) is 14.1 Å². The number of amides is 2. The Bertz CT molecular complexity index is 562. The molecule has 6 nitrogen and oxygen atoms in total. The van der Waals surface area contributed by atoms with Crippen LogP contribution in [-0.4, -0.2) is 60.1 Å². The van der Waals surface area contributed by atoms with Crippen LogP contribution in [0.3, 0.4) is 0 Å². The van der Waals surface area contributed by atoms with E-state index in [1.54, 1.807) is 4.90 Å². The Balaban J connectivity index is 2.10. The lowest BCUT2D eigenvalue weighted by atomic mass is 10.2. The highest BCUT2D eigenvalue weighted by Gasteiger charge is 2.28. The van der Waals surface area contributed by atoms with E-state index in [1.165, 1.54) is 18.2 Å². The monoisotopic (exact) mass is 311 g/mol. The van der Waals surface area contributed by atoms with Gasteiger partial charge in [-0.2, -0.15) is 0 Å². The summed E-state index contributed by atoms with van der Waals surface area (Å²) in [6.45, 7) is 1.28. The zero-order valence-electron chi connectivity index (χ0n) is 12.0. The number of urea groups is 1. The highest BCUT2D eigenvalue weighted by atomic mass is 35.5. The summed E-state index contributed by atoms with van der Waals surface area (Å²) >= 11 is 5.86. The summed E-state index contributed by atoms with van der Waals surface area (Å²) in [7, 11) is 3.96. The lowest BCUT2D eigenvalue weighted by Crippen LogP contribution is -2.37. The molecule has 1 aliphatic heterocycles. The predicted octanol–water partition coefficient (Wildman–Crippen LogP) is 2.21. The molecule has 114 valence electrons. The molecule has 1 unspecified atom stereocenters. The van der Waals surface area contributed by atoms with Gasteiger partial charge in [-0.25, -0.2) is 9.59 Å². The Labute approximate surface area is 128 Å². The predicted molar refractivity (Wildman–Crippen MR) is 81.1 cm³/mol. The van der Waals surface area contributed by atoms with Crippen molar-refractivity contribution in [3.05, 3.63) is 28.8 Å². The van der Waals surface area contributed by atoms with Gasteiger partial charge in [0.1, 0.15) is 0 Å². The van der Waals surface area contributed by atoms with Crippen LogP contribution < -0.4 is 5.32 Å². The van der Waals surface area contributed by atoms with Gasteiger partial charge in [-0.1, -0.05) is 11.6 Å². The summed E-state index contributed by atoms with van der Waals surface area (Å²) < 4.78 is 0. The van der Waals surface area contributed by atoms with Crippen LogP contribution in [-0.2, 0) is 0 Å². The molecule has 2 amide bonds. The molecular weight excluding hydrogens is 294 g/mol.